The highest BCUT2D eigenvalue weighted by Crippen LogP contribution is 2.51. The van der Waals surface area contributed by atoms with Crippen LogP contribution in [0.25, 0.3) is 78.0 Å². The van der Waals surface area contributed by atoms with Crippen LogP contribution < -0.4 is 0 Å². The first-order chi connectivity index (χ1) is 45.4. The van der Waals surface area contributed by atoms with Gasteiger partial charge in [0.2, 0.25) is 0 Å². The normalized spacial score (nSPS) is 13.3. The molecule has 10 aromatic heterocycles. The summed E-state index contributed by atoms with van der Waals surface area (Å²) in [5.74, 6) is 0. The maximum atomic E-state index is 2.60. The Labute approximate surface area is 596 Å². The second-order valence-corrected chi connectivity index (χ2v) is 37.5. The summed E-state index contributed by atoms with van der Waals surface area (Å²) in [6.45, 7) is 9.33. The van der Waals surface area contributed by atoms with Crippen molar-refractivity contribution in [3.05, 3.63) is 139 Å². The zero-order chi connectivity index (χ0) is 63.1. The molecule has 0 atom stereocenters. The van der Waals surface area contributed by atoms with Crippen molar-refractivity contribution in [1.82, 2.24) is 0 Å². The van der Waals surface area contributed by atoms with Crippen molar-refractivity contribution in [2.24, 2.45) is 0 Å². The van der Waals surface area contributed by atoms with Crippen LogP contribution in [0.15, 0.2) is 97.1 Å². The zero-order valence-electron chi connectivity index (χ0n) is 56.2. The molecule has 0 spiro atoms. The van der Waals surface area contributed by atoms with E-state index in [-0.39, 0.29) is 0 Å². The van der Waals surface area contributed by atoms with E-state index in [0.717, 1.165) is 0 Å². The molecule has 10 aromatic rings. The van der Waals surface area contributed by atoms with Gasteiger partial charge in [0.05, 0.1) is 0 Å². The van der Waals surface area contributed by atoms with Gasteiger partial charge in [0, 0.05) is 97.5 Å². The van der Waals surface area contributed by atoms with E-state index in [9.17, 15) is 0 Å². The lowest BCUT2D eigenvalue weighted by molar-refractivity contribution is 0.608. The molecule has 20 bridgehead atoms. The van der Waals surface area contributed by atoms with Crippen LogP contribution in [0.4, 0.5) is 0 Å². The van der Waals surface area contributed by atoms with Gasteiger partial charge in [-0.3, -0.25) is 0 Å². The fourth-order valence-corrected chi connectivity index (χ4v) is 25.4. The van der Waals surface area contributed by atoms with Crippen LogP contribution in [-0.4, -0.2) is 0 Å². The van der Waals surface area contributed by atoms with Gasteiger partial charge in [-0.25, -0.2) is 0 Å². The molecule has 0 saturated heterocycles. The van der Waals surface area contributed by atoms with Gasteiger partial charge in [0.25, 0.3) is 0 Å². The first-order valence-corrected chi connectivity index (χ1v) is 44.7. The summed E-state index contributed by atoms with van der Waals surface area (Å²) >= 11 is 20.6. The van der Waals surface area contributed by atoms with Crippen LogP contribution in [0.2, 0.25) is 0 Å². The molecule has 0 radical (unpaired) electrons. The average Bonchev–Trinajstić information content (AvgIpc) is 1.73. The minimum atomic E-state index is 1.18. The highest BCUT2D eigenvalue weighted by Gasteiger charge is 2.22. The Morgan fingerprint density at radius 3 is 0.663 bits per heavy atom. The summed E-state index contributed by atoms with van der Waals surface area (Å²) in [5, 5.41) is 0. The maximum absolute atomic E-state index is 2.60. The number of thiophene rings is 10. The van der Waals surface area contributed by atoms with Gasteiger partial charge in [0.15, 0.2) is 0 Å². The van der Waals surface area contributed by atoms with E-state index < -0.39 is 0 Å². The summed E-state index contributed by atoms with van der Waals surface area (Å²) in [7, 11) is 0. The zero-order valence-corrected chi connectivity index (χ0v) is 64.4. The topological polar surface area (TPSA) is 0 Å². The van der Waals surface area contributed by atoms with E-state index in [1.807, 2.05) is 22.7 Å². The molecule has 1 aliphatic heterocycles. The SMILES string of the molecule is CCCCCCCCc1cc2sc1-c1ccc(s1)CCCCCc1ccc(s1)-c1sc(cc1CCCCCCCC)-c1ccc(s1)-c1cc(CCCCCCCC)c(s1)-c1ccc(s1)CCCCCc1ccc(s1)-c1sc(cc1CCCCCCCC)-c1ccc-2s1. The molecule has 0 amide bonds. The van der Waals surface area contributed by atoms with Gasteiger partial charge in [-0.1, -0.05) is 169 Å². The summed E-state index contributed by atoms with van der Waals surface area (Å²) in [6.07, 6.45) is 49.2. The third-order valence-corrected chi connectivity index (χ3v) is 31.8. The van der Waals surface area contributed by atoms with E-state index in [1.165, 1.54) is 322 Å². The third-order valence-electron chi connectivity index (χ3n) is 18.9. The van der Waals surface area contributed by atoms with E-state index >= 15 is 0 Å². The number of hydrogen-bond acceptors (Lipinski definition) is 10. The largest absolute Gasteiger partial charge is 0.139 e. The Morgan fingerprint density at radius 2 is 0.424 bits per heavy atom. The smallest absolute Gasteiger partial charge is 0.0481 e. The minimum Gasteiger partial charge on any atom is -0.139 e. The van der Waals surface area contributed by atoms with Crippen molar-refractivity contribution in [2.75, 3.05) is 0 Å². The second kappa shape index (κ2) is 37.7. The molecule has 0 saturated carbocycles. The fraction of sp³-hybridized carbons (Fsp3) is 0.512. The molecule has 10 heteroatoms. The maximum Gasteiger partial charge on any atom is 0.0481 e. The molecule has 11 rings (SSSR count). The molecule has 0 fully saturated rings. The van der Waals surface area contributed by atoms with Gasteiger partial charge >= 0.3 is 0 Å². The lowest BCUT2D eigenvalue weighted by atomic mass is 10.0. The monoisotopic (exact) mass is 1410 g/mol. The summed E-state index contributed by atoms with van der Waals surface area (Å²) in [6, 6.07) is 40.0. The molecule has 0 aromatic carbocycles. The Kier molecular flexibility index (Phi) is 28.8. The number of fused-ring (bicyclic) bond motifs is 28. The van der Waals surface area contributed by atoms with Crippen molar-refractivity contribution in [3.63, 3.8) is 0 Å². The Bertz CT molecular complexity index is 3240. The highest BCUT2D eigenvalue weighted by atomic mass is 32.1. The highest BCUT2D eigenvalue weighted by molar-refractivity contribution is 7.31. The van der Waals surface area contributed by atoms with Gasteiger partial charge in [0.1, 0.15) is 0 Å². The van der Waals surface area contributed by atoms with Gasteiger partial charge in [-0.15, -0.1) is 113 Å². The second-order valence-electron chi connectivity index (χ2n) is 26.4. The Morgan fingerprint density at radius 1 is 0.207 bits per heavy atom. The minimum absolute atomic E-state index is 1.18. The summed E-state index contributed by atoms with van der Waals surface area (Å²) in [5.41, 5.74) is 6.30. The van der Waals surface area contributed by atoms with Crippen molar-refractivity contribution < 1.29 is 0 Å². The van der Waals surface area contributed by atoms with E-state index in [1.54, 1.807) is 41.8 Å². The predicted octanol–water partition coefficient (Wildman–Crippen LogP) is 31.5. The molecular formula is C82H104S10. The van der Waals surface area contributed by atoms with Crippen LogP contribution in [0, 0.1) is 0 Å². The number of hydrogen-bond donors (Lipinski definition) is 0. The van der Waals surface area contributed by atoms with E-state index in [2.05, 4.69) is 215 Å². The molecule has 492 valence electrons. The first kappa shape index (κ1) is 70.3. The van der Waals surface area contributed by atoms with E-state index in [0.29, 0.717) is 0 Å². The van der Waals surface area contributed by atoms with Crippen LogP contribution in [0.1, 0.15) is 262 Å². The van der Waals surface area contributed by atoms with E-state index in [4.69, 9.17) is 0 Å². The Hall–Kier alpha value is -3.00. The standard InChI is InChI=1S/C82H104S10/c1-5-9-13-17-21-27-35-59-55-75-67-51-52-68(87-67)76-56-60(36-28-22-18-14-10-6-2)80(90-76)72-48-44-65(84-72)41-33-26-34-42-66-46-50-74(86-66)82-62(38-30-24-20-16-12-8-4)58-78(92-82)70-54-53-69(88-70)77-57-61(37-29-23-19-15-11-7-3)81(91-77)73-49-45-64(85-73)40-32-25-31-39-63-43-47-71(83-63)79(59)89-75/h43-58H,5-42H2,1-4H3. The molecule has 0 unspecified atom stereocenters. The molecule has 0 aliphatic carbocycles. The summed E-state index contributed by atoms with van der Waals surface area (Å²) < 4.78 is 0. The van der Waals surface area contributed by atoms with Gasteiger partial charge < -0.3 is 0 Å². The molecule has 0 nitrogen and oxygen atoms in total. The average molecular weight is 1410 g/mol. The fourth-order valence-electron chi connectivity index (χ4n) is 13.5. The van der Waals surface area contributed by atoms with Crippen molar-refractivity contribution in [1.29, 1.82) is 0 Å². The van der Waals surface area contributed by atoms with Crippen molar-refractivity contribution in [3.8, 4) is 78.0 Å². The quantitative estimate of drug-likeness (QED) is 0.0429. The molecule has 11 heterocycles. The lowest BCUT2D eigenvalue weighted by Gasteiger charge is -2.03. The van der Waals surface area contributed by atoms with Crippen molar-refractivity contribution >= 4 is 113 Å². The number of aryl methyl sites for hydroxylation is 8. The number of rotatable bonds is 28. The molecular weight excluding hydrogens is 1310 g/mol. The Balaban J connectivity index is 0.854. The molecule has 1 aliphatic rings. The van der Waals surface area contributed by atoms with Crippen molar-refractivity contribution in [2.45, 2.75) is 272 Å². The first-order valence-electron chi connectivity index (χ1n) is 36.5. The van der Waals surface area contributed by atoms with Gasteiger partial charge in [-0.2, -0.15) is 0 Å². The van der Waals surface area contributed by atoms with Crippen LogP contribution >= 0.6 is 113 Å². The van der Waals surface area contributed by atoms with Crippen LogP contribution in [0.5, 0.6) is 0 Å². The molecule has 0 N–H and O–H groups in total. The molecule has 92 heavy (non-hydrogen) atoms. The number of unbranched alkanes of at least 4 members (excludes halogenated alkanes) is 20. The van der Waals surface area contributed by atoms with Crippen LogP contribution in [0.3, 0.4) is 0 Å². The van der Waals surface area contributed by atoms with Crippen LogP contribution in [-0.2, 0) is 51.4 Å². The predicted molar refractivity (Wildman–Crippen MR) is 426 cm³/mol. The third kappa shape index (κ3) is 20.1. The lowest BCUT2D eigenvalue weighted by Crippen LogP contribution is -1.86. The van der Waals surface area contributed by atoms with Gasteiger partial charge in [-0.05, 0) is 222 Å². The summed E-state index contributed by atoms with van der Waals surface area (Å²) in [4.78, 5) is 29.9.